The van der Waals surface area contributed by atoms with Gasteiger partial charge in [-0.25, -0.2) is 8.42 Å². The first-order valence-electron chi connectivity index (χ1n) is 11.3. The number of aryl methyl sites for hydroxylation is 1. The second-order valence-electron chi connectivity index (χ2n) is 8.05. The Balaban J connectivity index is 2.36. The zero-order valence-electron chi connectivity index (χ0n) is 18.8. The molecule has 0 amide bonds. The molecule has 2 aromatic carbocycles. The third-order valence-electron chi connectivity index (χ3n) is 5.34. The van der Waals surface area contributed by atoms with Crippen LogP contribution in [0.4, 0.5) is 0 Å². The standard InChI is InChI=1S/C26H37NO2S/c1-4-6-8-10-14-24(13-7-5-2)21-27(22-25-15-11-9-12-16-25)30(28,29)26-19-17-23(3)18-20-26/h9,11-12,15-21H,4-8,10,13-14,22H2,1-3H3/b24-21+. The monoisotopic (exact) mass is 427 g/mol. The van der Waals surface area contributed by atoms with Gasteiger partial charge in [0.2, 0.25) is 0 Å². The van der Waals surface area contributed by atoms with Crippen molar-refractivity contribution in [3.63, 3.8) is 0 Å². The molecule has 2 rings (SSSR count). The van der Waals surface area contributed by atoms with Gasteiger partial charge in [-0.05, 0) is 50.3 Å². The number of benzene rings is 2. The summed E-state index contributed by atoms with van der Waals surface area (Å²) in [7, 11) is -3.61. The third kappa shape index (κ3) is 7.64. The van der Waals surface area contributed by atoms with Crippen LogP contribution in [-0.2, 0) is 16.6 Å². The molecule has 0 aliphatic heterocycles. The molecule has 4 heteroatoms. The molecule has 0 aliphatic carbocycles. The topological polar surface area (TPSA) is 37.4 Å². The molecule has 0 saturated carbocycles. The number of rotatable bonds is 13. The Bertz CT molecular complexity index is 871. The van der Waals surface area contributed by atoms with E-state index in [2.05, 4.69) is 13.8 Å². The minimum atomic E-state index is -3.61. The largest absolute Gasteiger partial charge is 0.269 e. The van der Waals surface area contributed by atoms with Crippen LogP contribution < -0.4 is 0 Å². The van der Waals surface area contributed by atoms with E-state index in [9.17, 15) is 8.42 Å². The molecule has 3 nitrogen and oxygen atoms in total. The van der Waals surface area contributed by atoms with E-state index in [1.807, 2.05) is 55.6 Å². The summed E-state index contributed by atoms with van der Waals surface area (Å²) in [4.78, 5) is 0.348. The Morgan fingerprint density at radius 2 is 1.47 bits per heavy atom. The fourth-order valence-electron chi connectivity index (χ4n) is 3.45. The Morgan fingerprint density at radius 3 is 2.10 bits per heavy atom. The summed E-state index contributed by atoms with van der Waals surface area (Å²) in [5, 5.41) is 0. The molecule has 0 aliphatic rings. The van der Waals surface area contributed by atoms with Gasteiger partial charge in [-0.2, -0.15) is 0 Å². The summed E-state index contributed by atoms with van der Waals surface area (Å²) in [6, 6.07) is 17.0. The predicted octanol–water partition coefficient (Wildman–Crippen LogP) is 7.23. The number of hydrogen-bond donors (Lipinski definition) is 0. The van der Waals surface area contributed by atoms with Gasteiger partial charge in [-0.1, -0.05) is 93.1 Å². The average Bonchev–Trinajstić information content (AvgIpc) is 2.75. The van der Waals surface area contributed by atoms with Crippen LogP contribution >= 0.6 is 0 Å². The lowest BCUT2D eigenvalue weighted by Crippen LogP contribution is -2.26. The molecule has 0 atom stereocenters. The van der Waals surface area contributed by atoms with Crippen molar-refractivity contribution in [2.45, 2.75) is 83.6 Å². The van der Waals surface area contributed by atoms with Crippen LogP contribution in [0.25, 0.3) is 0 Å². The molecule has 0 spiro atoms. The summed E-state index contributed by atoms with van der Waals surface area (Å²) in [5.74, 6) is 0. The van der Waals surface area contributed by atoms with Crippen molar-refractivity contribution < 1.29 is 8.42 Å². The molecule has 0 unspecified atom stereocenters. The third-order valence-corrected chi connectivity index (χ3v) is 7.06. The second kappa shape index (κ2) is 12.6. The zero-order chi connectivity index (χ0) is 21.8. The van der Waals surface area contributed by atoms with E-state index in [-0.39, 0.29) is 0 Å². The first kappa shape index (κ1) is 24.2. The second-order valence-corrected chi connectivity index (χ2v) is 9.94. The van der Waals surface area contributed by atoms with Crippen LogP contribution in [0, 0.1) is 6.92 Å². The van der Waals surface area contributed by atoms with Crippen LogP contribution in [0.5, 0.6) is 0 Å². The Kier molecular flexibility index (Phi) is 10.2. The maximum Gasteiger partial charge on any atom is 0.264 e. The van der Waals surface area contributed by atoms with Crippen molar-refractivity contribution in [2.75, 3.05) is 0 Å². The molecule has 0 heterocycles. The van der Waals surface area contributed by atoms with E-state index >= 15 is 0 Å². The number of hydrogen-bond acceptors (Lipinski definition) is 2. The van der Waals surface area contributed by atoms with Crippen LogP contribution in [0.3, 0.4) is 0 Å². The summed E-state index contributed by atoms with van der Waals surface area (Å²) in [6.07, 6.45) is 10.8. The molecule has 2 aromatic rings. The Hall–Kier alpha value is -2.07. The van der Waals surface area contributed by atoms with Gasteiger partial charge in [-0.15, -0.1) is 0 Å². The maximum atomic E-state index is 13.5. The fourth-order valence-corrected chi connectivity index (χ4v) is 4.81. The number of unbranched alkanes of at least 4 members (excludes halogenated alkanes) is 4. The number of allylic oxidation sites excluding steroid dienone is 1. The minimum absolute atomic E-state index is 0.348. The molecule has 0 radical (unpaired) electrons. The summed E-state index contributed by atoms with van der Waals surface area (Å²) >= 11 is 0. The number of nitrogens with zero attached hydrogens (tertiary/aromatic N) is 1. The summed E-state index contributed by atoms with van der Waals surface area (Å²) in [5.41, 5.74) is 3.28. The Morgan fingerprint density at radius 1 is 0.833 bits per heavy atom. The first-order chi connectivity index (χ1) is 14.5. The van der Waals surface area contributed by atoms with Crippen molar-refractivity contribution in [3.05, 3.63) is 77.5 Å². The molecule has 30 heavy (non-hydrogen) atoms. The molecular formula is C26H37NO2S. The summed E-state index contributed by atoms with van der Waals surface area (Å²) < 4.78 is 28.6. The quantitative estimate of drug-likeness (QED) is 0.316. The van der Waals surface area contributed by atoms with E-state index in [4.69, 9.17) is 0 Å². The lowest BCUT2D eigenvalue weighted by Gasteiger charge is -2.23. The van der Waals surface area contributed by atoms with Crippen molar-refractivity contribution in [2.24, 2.45) is 0 Å². The highest BCUT2D eigenvalue weighted by Gasteiger charge is 2.22. The van der Waals surface area contributed by atoms with E-state index in [1.165, 1.54) is 24.8 Å². The van der Waals surface area contributed by atoms with Gasteiger partial charge in [0.05, 0.1) is 11.4 Å². The van der Waals surface area contributed by atoms with Crippen LogP contribution in [0.2, 0.25) is 0 Å². The lowest BCUT2D eigenvalue weighted by molar-refractivity contribution is 0.489. The number of sulfonamides is 1. The molecule has 0 saturated heterocycles. The van der Waals surface area contributed by atoms with Crippen LogP contribution in [0.15, 0.2) is 71.3 Å². The SMILES string of the molecule is CCCCCC/C(=C/N(Cc1ccccc1)S(=O)(=O)c1ccc(C)cc1)CCCC. The highest BCUT2D eigenvalue weighted by molar-refractivity contribution is 7.89. The van der Waals surface area contributed by atoms with Gasteiger partial charge < -0.3 is 0 Å². The van der Waals surface area contributed by atoms with E-state index in [1.54, 1.807) is 16.4 Å². The van der Waals surface area contributed by atoms with E-state index in [0.29, 0.717) is 11.4 Å². The fraction of sp³-hybridized carbons (Fsp3) is 0.462. The smallest absolute Gasteiger partial charge is 0.264 e. The van der Waals surface area contributed by atoms with Gasteiger partial charge >= 0.3 is 0 Å². The molecule has 164 valence electrons. The summed E-state index contributed by atoms with van der Waals surface area (Å²) in [6.45, 7) is 6.71. The zero-order valence-corrected chi connectivity index (χ0v) is 19.6. The molecule has 0 fully saturated rings. The molecule has 0 aromatic heterocycles. The van der Waals surface area contributed by atoms with Gasteiger partial charge in [0.25, 0.3) is 10.0 Å². The maximum absolute atomic E-state index is 13.5. The van der Waals surface area contributed by atoms with Gasteiger partial charge in [0.15, 0.2) is 0 Å². The van der Waals surface area contributed by atoms with Crippen molar-refractivity contribution >= 4 is 10.0 Å². The minimum Gasteiger partial charge on any atom is -0.269 e. The normalized spacial score (nSPS) is 12.2. The average molecular weight is 428 g/mol. The van der Waals surface area contributed by atoms with Crippen molar-refractivity contribution in [1.82, 2.24) is 4.31 Å². The van der Waals surface area contributed by atoms with E-state index in [0.717, 1.165) is 43.2 Å². The van der Waals surface area contributed by atoms with E-state index < -0.39 is 10.0 Å². The molecule has 0 bridgehead atoms. The highest BCUT2D eigenvalue weighted by atomic mass is 32.2. The van der Waals surface area contributed by atoms with Crippen LogP contribution in [0.1, 0.15) is 76.3 Å². The highest BCUT2D eigenvalue weighted by Crippen LogP contribution is 2.24. The first-order valence-corrected chi connectivity index (χ1v) is 12.7. The van der Waals surface area contributed by atoms with Crippen molar-refractivity contribution in [1.29, 1.82) is 0 Å². The van der Waals surface area contributed by atoms with Crippen LogP contribution in [-0.4, -0.2) is 12.7 Å². The van der Waals surface area contributed by atoms with Gasteiger partial charge in [-0.3, -0.25) is 4.31 Å². The van der Waals surface area contributed by atoms with Gasteiger partial charge in [0.1, 0.15) is 0 Å². The van der Waals surface area contributed by atoms with Crippen molar-refractivity contribution in [3.8, 4) is 0 Å². The Labute approximate surface area is 183 Å². The molecule has 0 N–H and O–H groups in total. The molecular weight excluding hydrogens is 390 g/mol. The predicted molar refractivity (Wildman–Crippen MR) is 127 cm³/mol. The van der Waals surface area contributed by atoms with Gasteiger partial charge in [0, 0.05) is 6.20 Å². The lowest BCUT2D eigenvalue weighted by atomic mass is 10.0.